The average molecular weight is 1040 g/mol. The number of allylic oxidation sites excluding steroid dienone is 1. The van der Waals surface area contributed by atoms with Crippen LogP contribution in [0.2, 0.25) is 5.02 Å². The number of carbonyl (C=O) groups is 1. The van der Waals surface area contributed by atoms with Gasteiger partial charge in [-0.05, 0) is 136 Å². The van der Waals surface area contributed by atoms with Crippen LogP contribution in [-0.4, -0.2) is 125 Å². The van der Waals surface area contributed by atoms with Crippen LogP contribution in [0.5, 0.6) is 0 Å². The maximum absolute atomic E-state index is 14.3. The number of thioether (sulfide) groups is 1. The second-order valence-corrected chi connectivity index (χ2v) is 26.0. The van der Waals surface area contributed by atoms with E-state index in [1.807, 2.05) is 47.2 Å². The second-order valence-electron chi connectivity index (χ2n) is 20.9. The highest BCUT2D eigenvalue weighted by atomic mass is 35.5. The molecule has 18 heteroatoms. The van der Waals surface area contributed by atoms with E-state index in [0.29, 0.717) is 30.8 Å². The Labute approximate surface area is 421 Å². The number of rotatable bonds is 16. The highest BCUT2D eigenvalue weighted by molar-refractivity contribution is 7.99. The van der Waals surface area contributed by atoms with E-state index in [4.69, 9.17) is 11.6 Å². The van der Waals surface area contributed by atoms with Crippen molar-refractivity contribution in [2.75, 3.05) is 68.3 Å². The number of fused-ring (bicyclic) bond motifs is 2. The van der Waals surface area contributed by atoms with Crippen molar-refractivity contribution in [3.63, 3.8) is 0 Å². The van der Waals surface area contributed by atoms with Crippen molar-refractivity contribution in [1.29, 1.82) is 0 Å². The molecule has 11 nitrogen and oxygen atoms in total. The second kappa shape index (κ2) is 20.8. The van der Waals surface area contributed by atoms with Crippen LogP contribution in [-0.2, 0) is 19.9 Å². The van der Waals surface area contributed by atoms with Crippen molar-refractivity contribution in [2.24, 2.45) is 5.41 Å². The van der Waals surface area contributed by atoms with E-state index in [1.165, 1.54) is 40.6 Å². The summed E-state index contributed by atoms with van der Waals surface area (Å²) in [7, 11) is -10.9. The fourth-order valence-corrected chi connectivity index (χ4v) is 13.5. The number of piperazine rings is 2. The maximum atomic E-state index is 14.3. The zero-order valence-electron chi connectivity index (χ0n) is 40.4. The van der Waals surface area contributed by atoms with Crippen LogP contribution in [0.15, 0.2) is 117 Å². The van der Waals surface area contributed by atoms with Crippen LogP contribution in [0, 0.1) is 5.41 Å². The van der Waals surface area contributed by atoms with E-state index in [-0.39, 0.29) is 28.2 Å². The number of nitrogens with zero attached hydrogens (tertiary/aromatic N) is 4. The number of hydrogen-bond donors (Lipinski definition) is 2. The first kappa shape index (κ1) is 52.2. The molecule has 3 heterocycles. The number of anilines is 2. The molecular weight excluding hydrogens is 977 g/mol. The van der Waals surface area contributed by atoms with Crippen LogP contribution in [0.25, 0.3) is 5.57 Å². The number of hydrogen-bond acceptors (Lipinski definition) is 11. The molecule has 3 saturated heterocycles. The van der Waals surface area contributed by atoms with Gasteiger partial charge in [-0.1, -0.05) is 61.4 Å². The van der Waals surface area contributed by atoms with E-state index in [9.17, 15) is 34.8 Å². The van der Waals surface area contributed by atoms with E-state index in [2.05, 4.69) is 71.7 Å². The predicted molar refractivity (Wildman–Crippen MR) is 275 cm³/mol. The number of benzene rings is 4. The highest BCUT2D eigenvalue weighted by Gasteiger charge is 2.49. The number of nitrogens with one attached hydrogen (secondary N) is 2. The lowest BCUT2D eigenvalue weighted by molar-refractivity contribution is -0.0435. The maximum Gasteiger partial charge on any atom is 0.501 e. The first-order valence-corrected chi connectivity index (χ1v) is 28.3. The van der Waals surface area contributed by atoms with Crippen LogP contribution in [0.3, 0.4) is 0 Å². The largest absolute Gasteiger partial charge is 0.501 e. The van der Waals surface area contributed by atoms with Gasteiger partial charge in [-0.25, -0.2) is 21.6 Å². The van der Waals surface area contributed by atoms with Gasteiger partial charge in [0, 0.05) is 103 Å². The summed E-state index contributed by atoms with van der Waals surface area (Å²) < 4.78 is 98.8. The standard InChI is InChI=1S/C52H64ClF3N6O5S3/c1-50(2,3)61-27-25-59(26-28-61)24-22-40(35-68-44-9-7-6-8-10-44)57-47-20-19-45(30-48(47)69(64,65)52(54,55)56)70(66,67)58-49(63)37-13-17-41(18-14-37)62-34-42-29-43(62)33-60(42)32-38-31-51(4,5)23-21-46(38)36-11-15-39(53)16-12-36/h6-20,30,40,42-43,57H,21-29,31-35H2,1-5H3,(H,58,63)/t40?,42-,43-/m1/s1. The molecular formula is C52H64ClF3N6O5S3. The number of alkyl halides is 3. The molecule has 378 valence electrons. The molecule has 2 N–H and O–H groups in total. The predicted octanol–water partition coefficient (Wildman–Crippen LogP) is 10.1. The van der Waals surface area contributed by atoms with Gasteiger partial charge in [-0.15, -0.1) is 11.8 Å². The quantitative estimate of drug-likeness (QED) is 0.104. The summed E-state index contributed by atoms with van der Waals surface area (Å²) in [5, 5.41) is 3.77. The van der Waals surface area contributed by atoms with Crippen LogP contribution in [0.4, 0.5) is 24.5 Å². The molecule has 0 radical (unpaired) electrons. The summed E-state index contributed by atoms with van der Waals surface area (Å²) in [5.41, 5.74) is -0.863. The average Bonchev–Trinajstić information content (AvgIpc) is 3.91. The Morgan fingerprint density at radius 2 is 1.56 bits per heavy atom. The van der Waals surface area contributed by atoms with Crippen molar-refractivity contribution >= 4 is 66.1 Å². The smallest absolute Gasteiger partial charge is 0.380 e. The fourth-order valence-electron chi connectivity index (χ4n) is 10.4. The SMILES string of the molecule is CC1(C)CCC(c2ccc(Cl)cc2)=C(CN2C[C@H]3C[C@@H]2CN3c2ccc(C(=O)NS(=O)(=O)c3ccc(NC(CCN4CCN(C(C)(C)C)CC4)CSc4ccccc4)c(S(=O)(=O)C(F)(F)F)c3)cc2)C1. The van der Waals surface area contributed by atoms with Crippen molar-refractivity contribution in [3.05, 3.63) is 119 Å². The van der Waals surface area contributed by atoms with Gasteiger partial charge in [0.1, 0.15) is 4.90 Å². The first-order valence-electron chi connectivity index (χ1n) is 24.0. The van der Waals surface area contributed by atoms with Gasteiger partial charge in [0.2, 0.25) is 0 Å². The molecule has 0 aromatic heterocycles. The van der Waals surface area contributed by atoms with Gasteiger partial charge in [0.15, 0.2) is 0 Å². The lowest BCUT2D eigenvalue weighted by atomic mass is 9.72. The Balaban J connectivity index is 0.941. The molecule has 1 aliphatic carbocycles. The number of halogens is 4. The summed E-state index contributed by atoms with van der Waals surface area (Å²) in [6, 6.07) is 26.8. The highest BCUT2D eigenvalue weighted by Crippen LogP contribution is 2.45. The van der Waals surface area contributed by atoms with E-state index < -0.39 is 47.1 Å². The van der Waals surface area contributed by atoms with Crippen molar-refractivity contribution in [1.82, 2.24) is 19.4 Å². The third-order valence-corrected chi connectivity index (χ3v) is 18.6. The molecule has 3 fully saturated rings. The van der Waals surface area contributed by atoms with Gasteiger partial charge in [0.05, 0.1) is 10.6 Å². The van der Waals surface area contributed by atoms with Gasteiger partial charge >= 0.3 is 5.51 Å². The van der Waals surface area contributed by atoms with Crippen molar-refractivity contribution in [2.45, 2.75) is 111 Å². The molecule has 1 unspecified atom stereocenters. The lowest BCUT2D eigenvalue weighted by Crippen LogP contribution is -2.53. The van der Waals surface area contributed by atoms with Crippen LogP contribution < -0.4 is 14.9 Å². The van der Waals surface area contributed by atoms with E-state index in [0.717, 1.165) is 99.2 Å². The van der Waals surface area contributed by atoms with Gasteiger partial charge < -0.3 is 15.1 Å². The lowest BCUT2D eigenvalue weighted by Gasteiger charge is -2.42. The molecule has 2 bridgehead atoms. The Morgan fingerprint density at radius 3 is 2.19 bits per heavy atom. The minimum Gasteiger partial charge on any atom is -0.380 e. The zero-order valence-corrected chi connectivity index (χ0v) is 43.6. The number of sulfone groups is 1. The fraction of sp³-hybridized carbons (Fsp3) is 0.481. The summed E-state index contributed by atoms with van der Waals surface area (Å²) >= 11 is 7.69. The first-order chi connectivity index (χ1) is 33.0. The number of sulfonamides is 1. The Morgan fingerprint density at radius 1 is 0.871 bits per heavy atom. The molecule has 3 aliphatic heterocycles. The summed E-state index contributed by atoms with van der Waals surface area (Å²) in [6.07, 6.45) is 4.65. The molecule has 4 aromatic rings. The Bertz CT molecular complexity index is 2760. The Kier molecular flexibility index (Phi) is 15.5. The molecule has 4 aromatic carbocycles. The van der Waals surface area contributed by atoms with Crippen molar-refractivity contribution in [3.8, 4) is 0 Å². The summed E-state index contributed by atoms with van der Waals surface area (Å²) in [4.78, 5) is 21.9. The number of carbonyl (C=O) groups excluding carboxylic acids is 1. The Hall–Kier alpha value is -4.10. The van der Waals surface area contributed by atoms with E-state index >= 15 is 0 Å². The number of amides is 1. The third kappa shape index (κ3) is 12.2. The van der Waals surface area contributed by atoms with E-state index in [1.54, 1.807) is 12.1 Å². The van der Waals surface area contributed by atoms with Crippen molar-refractivity contribution < 1.29 is 34.8 Å². The molecule has 70 heavy (non-hydrogen) atoms. The van der Waals surface area contributed by atoms with Crippen LogP contribution >= 0.6 is 23.4 Å². The van der Waals surface area contributed by atoms with Crippen LogP contribution in [0.1, 0.15) is 82.6 Å². The van der Waals surface area contributed by atoms with Gasteiger partial charge in [-0.3, -0.25) is 14.6 Å². The summed E-state index contributed by atoms with van der Waals surface area (Å²) in [5.74, 6) is -0.627. The monoisotopic (exact) mass is 1040 g/mol. The molecule has 0 saturated carbocycles. The normalized spacial score (nSPS) is 21.0. The molecule has 8 rings (SSSR count). The molecule has 0 spiro atoms. The molecule has 4 aliphatic rings. The summed E-state index contributed by atoms with van der Waals surface area (Å²) in [6.45, 7) is 17.7. The van der Waals surface area contributed by atoms with Gasteiger partial charge in [-0.2, -0.15) is 13.2 Å². The third-order valence-electron chi connectivity index (χ3n) is 14.3. The minimum atomic E-state index is -6.06. The molecule has 1 amide bonds. The molecule has 3 atom stereocenters. The van der Waals surface area contributed by atoms with Gasteiger partial charge in [0.25, 0.3) is 25.8 Å². The minimum absolute atomic E-state index is 0.0138. The topological polar surface area (TPSA) is 122 Å². The zero-order chi connectivity index (χ0) is 50.2. The number of likely N-dealkylation sites (tertiary alicyclic amines) is 1.